The van der Waals surface area contributed by atoms with Crippen LogP contribution < -0.4 is 4.74 Å². The van der Waals surface area contributed by atoms with Gasteiger partial charge >= 0.3 is 0 Å². The van der Waals surface area contributed by atoms with Gasteiger partial charge in [-0.15, -0.1) is 0 Å². The summed E-state index contributed by atoms with van der Waals surface area (Å²) in [6, 6.07) is 10.2. The van der Waals surface area contributed by atoms with Crippen LogP contribution in [0.5, 0.6) is 5.75 Å². The highest BCUT2D eigenvalue weighted by atomic mass is 19.1. The van der Waals surface area contributed by atoms with Gasteiger partial charge in [0.1, 0.15) is 17.3 Å². The Morgan fingerprint density at radius 2 is 1.83 bits per heavy atom. The number of hydrogen-bond acceptors (Lipinski definition) is 6. The lowest BCUT2D eigenvalue weighted by molar-refractivity contribution is -0.140. The standard InChI is InChI=1S/C28H33FN2O5/c1-3-15-36-22-9-10-23(19(2)18-22)26(32)24-25(20-5-7-21(29)8-6-20)31(28(34)27(24)33)12-4-11-30-13-16-35-17-14-30/h5-10,18,25,32H,3-4,11-17H2,1-2H3/b26-24-. The molecule has 2 aliphatic heterocycles. The van der Waals surface area contributed by atoms with Gasteiger partial charge in [0.25, 0.3) is 11.7 Å². The highest BCUT2D eigenvalue weighted by Crippen LogP contribution is 2.40. The van der Waals surface area contributed by atoms with E-state index in [0.717, 1.165) is 31.6 Å². The average molecular weight is 497 g/mol. The number of Topliss-reactive ketones (excluding diaryl/α,β-unsaturated/α-hetero) is 1. The molecule has 36 heavy (non-hydrogen) atoms. The number of amides is 1. The third kappa shape index (κ3) is 5.60. The lowest BCUT2D eigenvalue weighted by Crippen LogP contribution is -2.38. The maximum absolute atomic E-state index is 13.7. The largest absolute Gasteiger partial charge is 0.507 e. The van der Waals surface area contributed by atoms with E-state index in [-0.39, 0.29) is 11.3 Å². The predicted molar refractivity (Wildman–Crippen MR) is 134 cm³/mol. The van der Waals surface area contributed by atoms with Crippen LogP contribution in [0.25, 0.3) is 5.76 Å². The molecule has 1 amide bonds. The Labute approximate surface area is 211 Å². The second-order valence-corrected chi connectivity index (χ2v) is 9.18. The maximum atomic E-state index is 13.7. The van der Waals surface area contributed by atoms with Crippen LogP contribution in [-0.2, 0) is 14.3 Å². The van der Waals surface area contributed by atoms with Crippen LogP contribution in [0.15, 0.2) is 48.0 Å². The predicted octanol–water partition coefficient (Wildman–Crippen LogP) is 4.07. The van der Waals surface area contributed by atoms with Crippen LogP contribution in [0.4, 0.5) is 4.39 Å². The Morgan fingerprint density at radius 3 is 2.50 bits per heavy atom. The monoisotopic (exact) mass is 496 g/mol. The van der Waals surface area contributed by atoms with Gasteiger partial charge in [0.15, 0.2) is 0 Å². The number of hydrogen-bond donors (Lipinski definition) is 1. The Bertz CT molecular complexity index is 1130. The van der Waals surface area contributed by atoms with E-state index in [4.69, 9.17) is 9.47 Å². The Morgan fingerprint density at radius 1 is 1.11 bits per heavy atom. The molecule has 8 heteroatoms. The number of aliphatic hydroxyl groups is 1. The number of halogens is 1. The number of aliphatic hydroxyl groups excluding tert-OH is 1. The minimum atomic E-state index is -0.800. The summed E-state index contributed by atoms with van der Waals surface area (Å²) in [5.41, 5.74) is 1.77. The van der Waals surface area contributed by atoms with Crippen molar-refractivity contribution in [2.75, 3.05) is 46.0 Å². The molecule has 1 unspecified atom stereocenters. The highest BCUT2D eigenvalue weighted by molar-refractivity contribution is 6.46. The van der Waals surface area contributed by atoms with Gasteiger partial charge in [0, 0.05) is 31.7 Å². The lowest BCUT2D eigenvalue weighted by atomic mass is 9.94. The summed E-state index contributed by atoms with van der Waals surface area (Å²) in [7, 11) is 0. The fraction of sp³-hybridized carbons (Fsp3) is 0.429. The molecule has 0 radical (unpaired) electrons. The molecule has 0 spiro atoms. The van der Waals surface area contributed by atoms with Crippen molar-refractivity contribution in [2.24, 2.45) is 0 Å². The summed E-state index contributed by atoms with van der Waals surface area (Å²) < 4.78 is 24.8. The first-order chi connectivity index (χ1) is 17.4. The highest BCUT2D eigenvalue weighted by Gasteiger charge is 2.46. The third-order valence-electron chi connectivity index (χ3n) is 6.63. The van der Waals surface area contributed by atoms with E-state index in [2.05, 4.69) is 4.90 Å². The van der Waals surface area contributed by atoms with Gasteiger partial charge < -0.3 is 19.5 Å². The van der Waals surface area contributed by atoms with E-state index >= 15 is 0 Å². The SMILES string of the molecule is CCCOc1ccc(/C(O)=C2/C(=O)C(=O)N(CCCN3CCOCC3)C2c2ccc(F)cc2)c(C)c1. The van der Waals surface area contributed by atoms with E-state index in [0.29, 0.717) is 49.7 Å². The van der Waals surface area contributed by atoms with Crippen molar-refractivity contribution >= 4 is 17.4 Å². The number of rotatable bonds is 9. The lowest BCUT2D eigenvalue weighted by Gasteiger charge is -2.29. The minimum Gasteiger partial charge on any atom is -0.507 e. The summed E-state index contributed by atoms with van der Waals surface area (Å²) in [4.78, 5) is 30.1. The average Bonchev–Trinajstić information content (AvgIpc) is 3.13. The number of morpholine rings is 1. The molecule has 2 fully saturated rings. The molecule has 2 aromatic carbocycles. The molecule has 2 saturated heterocycles. The van der Waals surface area contributed by atoms with Crippen molar-refractivity contribution in [3.8, 4) is 5.75 Å². The molecule has 4 rings (SSSR count). The zero-order valence-corrected chi connectivity index (χ0v) is 20.8. The van der Waals surface area contributed by atoms with Crippen molar-refractivity contribution in [3.05, 3.63) is 70.5 Å². The maximum Gasteiger partial charge on any atom is 0.295 e. The number of carbonyl (C=O) groups is 2. The van der Waals surface area contributed by atoms with Crippen LogP contribution in [-0.4, -0.2) is 72.6 Å². The van der Waals surface area contributed by atoms with Gasteiger partial charge in [-0.3, -0.25) is 14.5 Å². The van der Waals surface area contributed by atoms with Crippen molar-refractivity contribution in [1.29, 1.82) is 0 Å². The third-order valence-corrected chi connectivity index (χ3v) is 6.63. The van der Waals surface area contributed by atoms with Crippen molar-refractivity contribution in [1.82, 2.24) is 9.80 Å². The quantitative estimate of drug-likeness (QED) is 0.320. The van der Waals surface area contributed by atoms with Crippen LogP contribution >= 0.6 is 0 Å². The summed E-state index contributed by atoms with van der Waals surface area (Å²) >= 11 is 0. The zero-order chi connectivity index (χ0) is 25.7. The van der Waals surface area contributed by atoms with Crippen LogP contribution in [0, 0.1) is 12.7 Å². The molecular weight excluding hydrogens is 463 g/mol. The molecular formula is C28H33FN2O5. The van der Waals surface area contributed by atoms with Gasteiger partial charge in [-0.05, 0) is 61.2 Å². The van der Waals surface area contributed by atoms with E-state index in [1.54, 1.807) is 30.3 Å². The van der Waals surface area contributed by atoms with Gasteiger partial charge in [-0.2, -0.15) is 0 Å². The minimum absolute atomic E-state index is 0.0170. The number of nitrogens with zero attached hydrogens (tertiary/aromatic N) is 2. The van der Waals surface area contributed by atoms with E-state index in [9.17, 15) is 19.1 Å². The molecule has 0 aliphatic carbocycles. The Hall–Kier alpha value is -3.23. The first-order valence-electron chi connectivity index (χ1n) is 12.5. The second kappa shape index (κ2) is 11.7. The van der Waals surface area contributed by atoms with Gasteiger partial charge in [-0.25, -0.2) is 4.39 Å². The molecule has 1 N–H and O–H groups in total. The number of ether oxygens (including phenoxy) is 2. The molecule has 0 saturated carbocycles. The molecule has 2 aromatic rings. The van der Waals surface area contributed by atoms with Gasteiger partial charge in [-0.1, -0.05) is 19.1 Å². The first kappa shape index (κ1) is 25.9. The molecule has 7 nitrogen and oxygen atoms in total. The van der Waals surface area contributed by atoms with Gasteiger partial charge in [0.2, 0.25) is 0 Å². The van der Waals surface area contributed by atoms with E-state index in [1.807, 2.05) is 13.8 Å². The summed E-state index contributed by atoms with van der Waals surface area (Å²) in [6.07, 6.45) is 1.53. The van der Waals surface area contributed by atoms with E-state index in [1.165, 1.54) is 17.0 Å². The smallest absolute Gasteiger partial charge is 0.295 e. The molecule has 2 aliphatic rings. The van der Waals surface area contributed by atoms with E-state index < -0.39 is 23.5 Å². The van der Waals surface area contributed by atoms with Crippen molar-refractivity contribution in [3.63, 3.8) is 0 Å². The van der Waals surface area contributed by atoms with Crippen LogP contribution in [0.2, 0.25) is 0 Å². The topological polar surface area (TPSA) is 79.3 Å². The van der Waals surface area contributed by atoms with Crippen molar-refractivity contribution in [2.45, 2.75) is 32.7 Å². The summed E-state index contributed by atoms with van der Waals surface area (Å²) in [6.45, 7) is 8.54. The summed E-state index contributed by atoms with van der Waals surface area (Å²) in [5, 5.41) is 11.3. The number of ketones is 1. The molecule has 1 atom stereocenters. The zero-order valence-electron chi connectivity index (χ0n) is 20.8. The number of likely N-dealkylation sites (tertiary alicyclic amines) is 1. The Balaban J connectivity index is 1.66. The molecule has 2 heterocycles. The fourth-order valence-corrected chi connectivity index (χ4v) is 4.75. The van der Waals surface area contributed by atoms with Crippen LogP contribution in [0.3, 0.4) is 0 Å². The molecule has 192 valence electrons. The second-order valence-electron chi connectivity index (χ2n) is 9.18. The number of benzene rings is 2. The fourth-order valence-electron chi connectivity index (χ4n) is 4.75. The first-order valence-corrected chi connectivity index (χ1v) is 12.5. The van der Waals surface area contributed by atoms with Crippen molar-refractivity contribution < 1.29 is 28.6 Å². The molecule has 0 bridgehead atoms. The molecule has 0 aromatic heterocycles. The summed E-state index contributed by atoms with van der Waals surface area (Å²) in [5.74, 6) is -1.38. The normalized spacial score (nSPS) is 20.2. The number of aryl methyl sites for hydroxylation is 1. The Kier molecular flexibility index (Phi) is 8.38. The number of carbonyl (C=O) groups excluding carboxylic acids is 2. The van der Waals surface area contributed by atoms with Crippen LogP contribution in [0.1, 0.15) is 42.5 Å². The van der Waals surface area contributed by atoms with Gasteiger partial charge in [0.05, 0.1) is 31.4 Å².